The Balaban J connectivity index is 1.91. The van der Waals surface area contributed by atoms with Crippen molar-refractivity contribution in [3.8, 4) is 0 Å². The van der Waals surface area contributed by atoms with Crippen LogP contribution in [0.1, 0.15) is 96.8 Å². The van der Waals surface area contributed by atoms with Gasteiger partial charge in [0.25, 0.3) is 0 Å². The summed E-state index contributed by atoms with van der Waals surface area (Å²) in [5.74, 6) is -3.22. The number of aliphatic hydroxyl groups excluding tert-OH is 3. The van der Waals surface area contributed by atoms with Gasteiger partial charge in [-0.15, -0.1) is 0 Å². The molecule has 0 aromatic rings. The van der Waals surface area contributed by atoms with Crippen molar-refractivity contribution < 1.29 is 34.4 Å². The first-order valence-electron chi connectivity index (χ1n) is 11.1. The molecule has 0 saturated heterocycles. The number of esters is 1. The number of ketones is 1. The molecule has 2 atom stereocenters. The van der Waals surface area contributed by atoms with Crippen LogP contribution >= 0.6 is 0 Å². The Hall–Kier alpha value is -1.76. The Bertz CT molecular complexity index is 515. The molecule has 0 amide bonds. The molecule has 1 heterocycles. The molecule has 29 heavy (non-hydrogen) atoms. The number of unbranched alkanes of at least 4 members (excludes halogenated alkanes) is 12. The number of carbonyl (C=O) groups is 2. The van der Waals surface area contributed by atoms with Crippen LogP contribution in [0, 0.1) is 0 Å². The summed E-state index contributed by atoms with van der Waals surface area (Å²) in [6.45, 7) is 1.81. The monoisotopic (exact) mass is 414 g/mol. The highest BCUT2D eigenvalue weighted by Gasteiger charge is 2.40. The Labute approximate surface area is 174 Å². The van der Waals surface area contributed by atoms with E-state index < -0.39 is 42.3 Å². The molecule has 3 N–H and O–H groups in total. The molecule has 0 radical (unpaired) electrons. The molecule has 7 heteroatoms. The number of rotatable bonds is 17. The van der Waals surface area contributed by atoms with Crippen LogP contribution in [0.3, 0.4) is 0 Å². The summed E-state index contributed by atoms with van der Waals surface area (Å²) in [6, 6.07) is 0. The summed E-state index contributed by atoms with van der Waals surface area (Å²) in [4.78, 5) is 23.2. The molecule has 0 bridgehead atoms. The summed E-state index contributed by atoms with van der Waals surface area (Å²) < 4.78 is 9.60. The largest absolute Gasteiger partial charge is 0.499 e. The quantitative estimate of drug-likeness (QED) is 0.235. The SMILES string of the molecule is CCCCCCCCCCCCCCCC(=O)OC[C@H](O)[C@H]1OC(O)=C(O)C1=O. The van der Waals surface area contributed by atoms with Crippen LogP contribution in [-0.2, 0) is 19.1 Å². The lowest BCUT2D eigenvalue weighted by Crippen LogP contribution is -2.37. The van der Waals surface area contributed by atoms with Gasteiger partial charge in [0.1, 0.15) is 12.7 Å². The first kappa shape index (κ1) is 25.3. The van der Waals surface area contributed by atoms with Gasteiger partial charge >= 0.3 is 11.9 Å². The second-order valence-corrected chi connectivity index (χ2v) is 7.80. The Morgan fingerprint density at radius 1 is 0.931 bits per heavy atom. The minimum atomic E-state index is -1.45. The van der Waals surface area contributed by atoms with Crippen molar-refractivity contribution >= 4 is 11.8 Å². The van der Waals surface area contributed by atoms with Crippen molar-refractivity contribution in [2.24, 2.45) is 0 Å². The van der Waals surface area contributed by atoms with E-state index in [9.17, 15) is 19.8 Å². The fourth-order valence-electron chi connectivity index (χ4n) is 3.35. The van der Waals surface area contributed by atoms with Gasteiger partial charge in [0.05, 0.1) is 0 Å². The maximum Gasteiger partial charge on any atom is 0.325 e. The van der Waals surface area contributed by atoms with Gasteiger partial charge in [-0.1, -0.05) is 84.0 Å². The highest BCUT2D eigenvalue weighted by atomic mass is 16.6. The topological polar surface area (TPSA) is 113 Å². The van der Waals surface area contributed by atoms with Crippen molar-refractivity contribution in [2.75, 3.05) is 6.61 Å². The van der Waals surface area contributed by atoms with Crippen molar-refractivity contribution in [1.29, 1.82) is 0 Å². The average molecular weight is 415 g/mol. The average Bonchev–Trinajstić information content (AvgIpc) is 2.97. The van der Waals surface area contributed by atoms with E-state index in [0.29, 0.717) is 0 Å². The molecule has 1 aliphatic heterocycles. The Morgan fingerprint density at radius 3 is 1.86 bits per heavy atom. The first-order valence-corrected chi connectivity index (χ1v) is 11.1. The lowest BCUT2D eigenvalue weighted by Gasteiger charge is -2.16. The zero-order chi connectivity index (χ0) is 21.5. The summed E-state index contributed by atoms with van der Waals surface area (Å²) in [5, 5.41) is 28.1. The van der Waals surface area contributed by atoms with E-state index in [4.69, 9.17) is 9.84 Å². The van der Waals surface area contributed by atoms with Gasteiger partial charge in [0.15, 0.2) is 6.10 Å². The van der Waals surface area contributed by atoms with Crippen molar-refractivity contribution in [3.05, 3.63) is 11.7 Å². The molecule has 7 nitrogen and oxygen atoms in total. The van der Waals surface area contributed by atoms with Gasteiger partial charge in [-0.3, -0.25) is 9.59 Å². The maximum atomic E-state index is 11.7. The molecule has 1 rings (SSSR count). The van der Waals surface area contributed by atoms with E-state index >= 15 is 0 Å². The molecule has 168 valence electrons. The molecule has 0 spiro atoms. The van der Waals surface area contributed by atoms with E-state index in [1.165, 1.54) is 64.2 Å². The van der Waals surface area contributed by atoms with Gasteiger partial charge in [-0.2, -0.15) is 0 Å². The zero-order valence-corrected chi connectivity index (χ0v) is 17.7. The predicted octanol–water partition coefficient (Wildman–Crippen LogP) is 4.62. The first-order chi connectivity index (χ1) is 14.0. The fraction of sp³-hybridized carbons (Fsp3) is 0.818. The van der Waals surface area contributed by atoms with E-state index in [0.717, 1.165) is 19.3 Å². The summed E-state index contributed by atoms with van der Waals surface area (Å²) >= 11 is 0. The molecule has 0 aliphatic carbocycles. The van der Waals surface area contributed by atoms with E-state index in [1.807, 2.05) is 0 Å². The van der Waals surface area contributed by atoms with Gasteiger partial charge in [-0.25, -0.2) is 0 Å². The minimum absolute atomic E-state index is 0.263. The number of carbonyl (C=O) groups excluding carboxylic acids is 2. The van der Waals surface area contributed by atoms with Crippen LogP contribution in [0.5, 0.6) is 0 Å². The van der Waals surface area contributed by atoms with Crippen LogP contribution in [-0.4, -0.2) is 45.9 Å². The van der Waals surface area contributed by atoms with Crippen LogP contribution in [0.25, 0.3) is 0 Å². The number of hydrogen-bond acceptors (Lipinski definition) is 7. The normalized spacial score (nSPS) is 17.4. The van der Waals surface area contributed by atoms with Crippen molar-refractivity contribution in [1.82, 2.24) is 0 Å². The van der Waals surface area contributed by atoms with Gasteiger partial charge in [0, 0.05) is 6.42 Å². The van der Waals surface area contributed by atoms with Crippen molar-refractivity contribution in [2.45, 2.75) is 109 Å². The Morgan fingerprint density at radius 2 is 1.41 bits per heavy atom. The molecule has 1 aliphatic rings. The van der Waals surface area contributed by atoms with Crippen LogP contribution < -0.4 is 0 Å². The summed E-state index contributed by atoms with van der Waals surface area (Å²) in [6.07, 6.45) is 13.3. The lowest BCUT2D eigenvalue weighted by atomic mass is 10.0. The number of Topliss-reactive ketones (excluding diaryl/α,β-unsaturated/α-hetero) is 1. The van der Waals surface area contributed by atoms with E-state index in [2.05, 4.69) is 11.7 Å². The van der Waals surface area contributed by atoms with Crippen molar-refractivity contribution in [3.63, 3.8) is 0 Å². The lowest BCUT2D eigenvalue weighted by molar-refractivity contribution is -0.152. The third-order valence-corrected chi connectivity index (χ3v) is 5.18. The second kappa shape index (κ2) is 15.1. The molecule has 0 unspecified atom stereocenters. The molecule has 0 saturated carbocycles. The smallest absolute Gasteiger partial charge is 0.325 e. The van der Waals surface area contributed by atoms with Crippen LogP contribution in [0.15, 0.2) is 11.7 Å². The fourth-order valence-corrected chi connectivity index (χ4v) is 3.35. The standard InChI is InChI=1S/C22H38O7/c1-2-3-4-5-6-7-8-9-10-11-12-13-14-15-18(24)28-16-17(23)21-19(25)20(26)22(27)29-21/h17,21,23,26-27H,2-16H2,1H3/t17-,21+/m0/s1. The third kappa shape index (κ3) is 10.5. The molecular formula is C22H38O7. The van der Waals surface area contributed by atoms with E-state index in [-0.39, 0.29) is 6.42 Å². The van der Waals surface area contributed by atoms with Crippen LogP contribution in [0.2, 0.25) is 0 Å². The highest BCUT2D eigenvalue weighted by molar-refractivity contribution is 5.99. The number of ether oxygens (including phenoxy) is 2. The van der Waals surface area contributed by atoms with Gasteiger partial charge in [0.2, 0.25) is 11.5 Å². The maximum absolute atomic E-state index is 11.7. The zero-order valence-electron chi connectivity index (χ0n) is 17.7. The molecule has 0 aromatic carbocycles. The highest BCUT2D eigenvalue weighted by Crippen LogP contribution is 2.20. The van der Waals surface area contributed by atoms with Gasteiger partial charge < -0.3 is 24.8 Å². The number of aliphatic hydroxyl groups is 3. The predicted molar refractivity (Wildman–Crippen MR) is 109 cm³/mol. The van der Waals surface area contributed by atoms with Gasteiger partial charge in [-0.05, 0) is 6.42 Å². The number of hydrogen-bond donors (Lipinski definition) is 3. The molecule has 0 aromatic heterocycles. The Kier molecular flexibility index (Phi) is 13.2. The molecular weight excluding hydrogens is 376 g/mol. The third-order valence-electron chi connectivity index (χ3n) is 5.18. The minimum Gasteiger partial charge on any atom is -0.499 e. The van der Waals surface area contributed by atoms with E-state index in [1.54, 1.807) is 0 Å². The summed E-state index contributed by atoms with van der Waals surface area (Å²) in [7, 11) is 0. The summed E-state index contributed by atoms with van der Waals surface area (Å²) in [5.41, 5.74) is 0. The van der Waals surface area contributed by atoms with Crippen LogP contribution in [0.4, 0.5) is 0 Å². The molecule has 0 fully saturated rings. The second-order valence-electron chi connectivity index (χ2n) is 7.80.